The van der Waals surface area contributed by atoms with Gasteiger partial charge in [-0.15, -0.1) is 0 Å². The first-order chi connectivity index (χ1) is 3.80. The molecule has 0 saturated carbocycles. The molecular weight excluding hydrogens is 217 g/mol. The molecule has 0 spiro atoms. The number of nitrogens with one attached hydrogen (secondary N) is 1. The number of hydrogen-bond acceptors (Lipinski definition) is 2. The summed E-state index contributed by atoms with van der Waals surface area (Å²) in [7, 11) is 0. The van der Waals surface area contributed by atoms with Crippen molar-refractivity contribution in [2.24, 2.45) is 0 Å². The largest absolute Gasteiger partial charge is 0.389 e. The molecule has 1 heterocycles. The van der Waals surface area contributed by atoms with Crippen molar-refractivity contribution in [2.45, 2.75) is 3.92 Å². The lowest BCUT2D eigenvalue weighted by Crippen LogP contribution is -2.28. The van der Waals surface area contributed by atoms with E-state index in [1.54, 1.807) is 12.3 Å². The third-order valence-electron chi connectivity index (χ3n) is 0.971. The zero-order valence-corrected chi connectivity index (χ0v) is 6.38. The van der Waals surface area contributed by atoms with Crippen LogP contribution >= 0.6 is 22.6 Å². The molecule has 0 saturated heterocycles. The first-order valence-electron chi connectivity index (χ1n) is 2.38. The van der Waals surface area contributed by atoms with Gasteiger partial charge >= 0.3 is 0 Å². The van der Waals surface area contributed by atoms with Gasteiger partial charge in [0.1, 0.15) is 0 Å². The van der Waals surface area contributed by atoms with Crippen molar-refractivity contribution in [1.29, 1.82) is 0 Å². The lowest BCUT2D eigenvalue weighted by Gasteiger charge is -2.09. The molecule has 1 aliphatic rings. The van der Waals surface area contributed by atoms with E-state index in [1.807, 2.05) is 0 Å². The van der Waals surface area contributed by atoms with Crippen LogP contribution in [0.3, 0.4) is 0 Å². The maximum Gasteiger partial charge on any atom is 0.171 e. The van der Waals surface area contributed by atoms with Gasteiger partial charge in [0, 0.05) is 12.7 Å². The summed E-state index contributed by atoms with van der Waals surface area (Å²) >= 11 is 2.12. The minimum absolute atomic E-state index is 0.137. The van der Waals surface area contributed by atoms with Gasteiger partial charge in [0.25, 0.3) is 0 Å². The summed E-state index contributed by atoms with van der Waals surface area (Å²) in [5.74, 6) is 0.212. The van der Waals surface area contributed by atoms with Crippen molar-refractivity contribution in [3.63, 3.8) is 0 Å². The van der Waals surface area contributed by atoms with Crippen LogP contribution in [0.1, 0.15) is 0 Å². The smallest absolute Gasteiger partial charge is 0.171 e. The average molecular weight is 223 g/mol. The van der Waals surface area contributed by atoms with Gasteiger partial charge in [-0.1, -0.05) is 22.6 Å². The summed E-state index contributed by atoms with van der Waals surface area (Å²) < 4.78 is 0.137. The molecule has 0 radical (unpaired) electrons. The molecule has 1 unspecified atom stereocenters. The fourth-order valence-electron chi connectivity index (χ4n) is 0.518. The molecule has 1 atom stereocenters. The van der Waals surface area contributed by atoms with Crippen LogP contribution in [-0.4, -0.2) is 16.3 Å². The number of ketones is 1. The van der Waals surface area contributed by atoms with E-state index in [9.17, 15) is 4.79 Å². The van der Waals surface area contributed by atoms with Gasteiger partial charge < -0.3 is 5.32 Å². The number of allylic oxidation sites excluding steroid dienone is 1. The number of halogens is 1. The molecule has 0 amide bonds. The molecule has 0 fully saturated rings. The SMILES string of the molecule is O=C1C=CNCC1I. The topological polar surface area (TPSA) is 29.1 Å². The van der Waals surface area contributed by atoms with Crippen LogP contribution in [0.5, 0.6) is 0 Å². The highest BCUT2D eigenvalue weighted by molar-refractivity contribution is 14.1. The highest BCUT2D eigenvalue weighted by Gasteiger charge is 2.12. The van der Waals surface area contributed by atoms with Crippen LogP contribution in [0.15, 0.2) is 12.3 Å². The van der Waals surface area contributed by atoms with Gasteiger partial charge in [0.05, 0.1) is 3.92 Å². The predicted octanol–water partition coefficient (Wildman–Crippen LogP) is 0.476. The Morgan fingerprint density at radius 1 is 1.88 bits per heavy atom. The van der Waals surface area contributed by atoms with Crippen molar-refractivity contribution in [3.05, 3.63) is 12.3 Å². The zero-order valence-electron chi connectivity index (χ0n) is 4.23. The van der Waals surface area contributed by atoms with E-state index < -0.39 is 0 Å². The van der Waals surface area contributed by atoms with Gasteiger partial charge in [-0.3, -0.25) is 4.79 Å². The molecule has 2 nitrogen and oxygen atoms in total. The van der Waals surface area contributed by atoms with Crippen LogP contribution in [0, 0.1) is 0 Å². The van der Waals surface area contributed by atoms with Crippen LogP contribution in [0.25, 0.3) is 0 Å². The van der Waals surface area contributed by atoms with E-state index >= 15 is 0 Å². The standard InChI is InChI=1S/C5H6INO/c6-4-3-7-2-1-5(4)8/h1-2,4,7H,3H2. The highest BCUT2D eigenvalue weighted by Crippen LogP contribution is 2.03. The van der Waals surface area contributed by atoms with Crippen LogP contribution in [-0.2, 0) is 4.79 Å². The number of rotatable bonds is 0. The minimum Gasteiger partial charge on any atom is -0.389 e. The molecule has 1 aliphatic heterocycles. The van der Waals surface area contributed by atoms with E-state index in [4.69, 9.17) is 0 Å². The molecule has 0 aromatic rings. The first-order valence-corrected chi connectivity index (χ1v) is 3.63. The average Bonchev–Trinajstić information content (AvgIpc) is 1.77. The van der Waals surface area contributed by atoms with Gasteiger partial charge in [0.15, 0.2) is 5.78 Å². The second-order valence-electron chi connectivity index (χ2n) is 1.61. The fraction of sp³-hybridized carbons (Fsp3) is 0.400. The maximum absolute atomic E-state index is 10.7. The Balaban J connectivity index is 2.60. The normalized spacial score (nSPS) is 27.6. The van der Waals surface area contributed by atoms with Gasteiger partial charge in [0.2, 0.25) is 0 Å². The molecular formula is C5H6INO. The Hall–Kier alpha value is -0.0600. The molecule has 0 aromatic carbocycles. The van der Waals surface area contributed by atoms with Gasteiger partial charge in [-0.25, -0.2) is 0 Å². The van der Waals surface area contributed by atoms with E-state index in [-0.39, 0.29) is 9.71 Å². The molecule has 0 aromatic heterocycles. The zero-order chi connectivity index (χ0) is 5.98. The third-order valence-corrected chi connectivity index (χ3v) is 2.03. The predicted molar refractivity (Wildman–Crippen MR) is 40.0 cm³/mol. The molecule has 44 valence electrons. The van der Waals surface area contributed by atoms with E-state index in [1.165, 1.54) is 0 Å². The number of carbonyl (C=O) groups is 1. The van der Waals surface area contributed by atoms with Crippen molar-refractivity contribution in [1.82, 2.24) is 5.32 Å². The molecule has 1 N–H and O–H groups in total. The van der Waals surface area contributed by atoms with Crippen LogP contribution < -0.4 is 5.32 Å². The van der Waals surface area contributed by atoms with E-state index in [0.717, 1.165) is 6.54 Å². The van der Waals surface area contributed by atoms with E-state index in [0.29, 0.717) is 0 Å². The highest BCUT2D eigenvalue weighted by atomic mass is 127. The summed E-state index contributed by atoms with van der Waals surface area (Å²) in [6.07, 6.45) is 3.26. The van der Waals surface area contributed by atoms with Crippen LogP contribution in [0.2, 0.25) is 0 Å². The number of alkyl halides is 1. The Morgan fingerprint density at radius 2 is 2.62 bits per heavy atom. The van der Waals surface area contributed by atoms with Crippen molar-refractivity contribution in [3.8, 4) is 0 Å². The number of carbonyl (C=O) groups excluding carboxylic acids is 1. The van der Waals surface area contributed by atoms with Crippen molar-refractivity contribution < 1.29 is 4.79 Å². The lowest BCUT2D eigenvalue weighted by atomic mass is 10.2. The quantitative estimate of drug-likeness (QED) is 0.478. The summed E-state index contributed by atoms with van der Waals surface area (Å²) in [6, 6.07) is 0. The van der Waals surface area contributed by atoms with Crippen molar-refractivity contribution in [2.75, 3.05) is 6.54 Å². The van der Waals surface area contributed by atoms with Crippen LogP contribution in [0.4, 0.5) is 0 Å². The second-order valence-corrected chi connectivity index (χ2v) is 3.12. The monoisotopic (exact) mass is 223 g/mol. The third kappa shape index (κ3) is 1.21. The van der Waals surface area contributed by atoms with Crippen molar-refractivity contribution >= 4 is 28.4 Å². The summed E-state index contributed by atoms with van der Waals surface area (Å²) in [5, 5.41) is 2.96. The molecule has 0 bridgehead atoms. The van der Waals surface area contributed by atoms with Gasteiger partial charge in [-0.2, -0.15) is 0 Å². The Morgan fingerprint density at radius 3 is 3.00 bits per heavy atom. The Bertz CT molecular complexity index is 132. The Kier molecular flexibility index (Phi) is 1.88. The minimum atomic E-state index is 0.137. The first kappa shape index (κ1) is 6.07. The van der Waals surface area contributed by atoms with E-state index in [2.05, 4.69) is 27.9 Å². The summed E-state index contributed by atoms with van der Waals surface area (Å²) in [4.78, 5) is 10.7. The van der Waals surface area contributed by atoms with Gasteiger partial charge in [-0.05, 0) is 6.08 Å². The second kappa shape index (κ2) is 2.48. The summed E-state index contributed by atoms with van der Waals surface area (Å²) in [6.45, 7) is 0.774. The summed E-state index contributed by atoms with van der Waals surface area (Å²) in [5.41, 5.74) is 0. The Labute approximate surface area is 61.5 Å². The number of hydrogen-bond donors (Lipinski definition) is 1. The lowest BCUT2D eigenvalue weighted by molar-refractivity contribution is -0.114. The molecule has 1 rings (SSSR count). The maximum atomic E-state index is 10.7. The fourth-order valence-corrected chi connectivity index (χ4v) is 0.979. The molecule has 0 aliphatic carbocycles. The molecule has 8 heavy (non-hydrogen) atoms. The molecule has 3 heteroatoms.